The predicted octanol–water partition coefficient (Wildman–Crippen LogP) is 22.9. The summed E-state index contributed by atoms with van der Waals surface area (Å²) in [5, 5.41) is 67.3. The van der Waals surface area contributed by atoms with Crippen LogP contribution >= 0.6 is 75.3 Å². The maximum atomic E-state index is 10.9. The topological polar surface area (TPSA) is 532 Å². The van der Waals surface area contributed by atoms with Gasteiger partial charge in [0.2, 0.25) is 0 Å². The van der Waals surface area contributed by atoms with Gasteiger partial charge in [0, 0.05) is 12.8 Å². The number of halogens is 8. The standard InChI is InChI=1S/2C12H18O2.2C7H8O.2C5H10O2.2C4H8O2.8ClH.8H2N.4Pt/c2*13-11(14)7-12-4-8-1-9(5-12)3-10(2-8)6-12;2*8-6-7-4-2-1-3-5-7;2*1-5(2,3)4(6)7;2*1-2-3-4(5)6;;;;;;;;;;;;;;;;;;;;/h2*8-10H,1-7H2,(H,13,14);2*1-5,8H,6H2;2*1-3H3,(H,6,7);2*2-3H2,1H3,(H,5,6);8*1H;8*1H2;;;;/q;;;;;;;;;;;;;;;;8*-1;4*+4/p-8. The molecule has 0 heterocycles. The fourth-order valence-electron chi connectivity index (χ4n) is 11.2. The fourth-order valence-corrected chi connectivity index (χ4v) is 11.2. The molecule has 10 rings (SSSR count). The minimum atomic E-state index is -0.757. The Morgan fingerprint density at radius 3 is 0.644 bits per heavy atom. The Hall–Kier alpha value is -0.0668. The second-order valence-corrected chi connectivity index (χ2v) is 36.0. The van der Waals surface area contributed by atoms with E-state index in [0.29, 0.717) is 25.7 Å². The molecular weight excluding hydrogens is 2070 g/mol. The van der Waals surface area contributed by atoms with Crippen LogP contribution in [0.2, 0.25) is 0 Å². The number of carbonyl (C=O) groups is 6. The van der Waals surface area contributed by atoms with E-state index in [9.17, 15) is 28.8 Å². The molecule has 0 saturated heterocycles. The molecule has 90 heavy (non-hydrogen) atoms. The minimum absolute atomic E-state index is 0. The maximum Gasteiger partial charge on any atom is -0.693 e. The van der Waals surface area contributed by atoms with Crippen molar-refractivity contribution < 1.29 is 136 Å². The number of rotatable bonds is 10. The minimum Gasteiger partial charge on any atom is -0.693 e. The van der Waals surface area contributed by atoms with Crippen molar-refractivity contribution in [3.05, 3.63) is 121 Å². The Bertz CT molecular complexity index is 1820. The first-order chi connectivity index (χ1) is 38.3. The van der Waals surface area contributed by atoms with Crippen LogP contribution in [0.4, 0.5) is 0 Å². The van der Waals surface area contributed by atoms with Crippen molar-refractivity contribution in [2.24, 2.45) is 57.2 Å². The summed E-state index contributed by atoms with van der Waals surface area (Å²) in [6.07, 6.45) is 18.6. The molecule has 0 aliphatic heterocycles. The van der Waals surface area contributed by atoms with E-state index < -0.39 is 113 Å². The number of aliphatic hydroxyl groups excluding tert-OH is 2. The van der Waals surface area contributed by atoms with Crippen LogP contribution in [-0.4, -0.2) is 76.7 Å². The van der Waals surface area contributed by atoms with E-state index in [1.54, 1.807) is 41.5 Å². The fraction of sp³-hybridized carbons (Fsp3) is 0.679. The molecule has 0 spiro atoms. The van der Waals surface area contributed by atoms with Crippen molar-refractivity contribution in [2.45, 2.75) is 184 Å². The van der Waals surface area contributed by atoms with Crippen LogP contribution in [0.3, 0.4) is 0 Å². The zero-order valence-electron chi connectivity index (χ0n) is 52.3. The summed E-state index contributed by atoms with van der Waals surface area (Å²) in [7, 11) is 39.0. The van der Waals surface area contributed by atoms with E-state index in [4.69, 9.17) is 116 Å². The van der Waals surface area contributed by atoms with Gasteiger partial charge < -0.3 is 90.1 Å². The molecule has 8 aliphatic carbocycles. The molecule has 8 aliphatic rings. The van der Waals surface area contributed by atoms with Crippen LogP contribution in [0, 0.1) is 57.2 Å². The third-order valence-corrected chi connectivity index (χ3v) is 13.6. The van der Waals surface area contributed by atoms with Crippen molar-refractivity contribution in [3.8, 4) is 0 Å². The molecule has 0 radical (unpaired) electrons. The quantitative estimate of drug-likeness (QED) is 0.110. The van der Waals surface area contributed by atoms with Crippen molar-refractivity contribution in [2.75, 3.05) is 0 Å². The average molecular weight is 2180 g/mol. The summed E-state index contributed by atoms with van der Waals surface area (Å²) in [5.41, 5.74) is 1.21. The second-order valence-electron chi connectivity index (χ2n) is 22.8. The molecule has 22 nitrogen and oxygen atoms in total. The molecule has 8 saturated carbocycles. The first-order valence-corrected chi connectivity index (χ1v) is 48.7. The van der Waals surface area contributed by atoms with Gasteiger partial charge in [-0.1, -0.05) is 74.5 Å². The summed E-state index contributed by atoms with van der Waals surface area (Å²) >= 11 is -1.89. The largest absolute Gasteiger partial charge is 0.693 e. The van der Waals surface area contributed by atoms with E-state index in [-0.39, 0.29) is 73.2 Å². The third kappa shape index (κ3) is 64.0. The number of aliphatic carboxylic acids is 6. The van der Waals surface area contributed by atoms with Gasteiger partial charge in [-0.15, -0.1) is 0 Å². The maximum absolute atomic E-state index is 10.9. The van der Waals surface area contributed by atoms with Gasteiger partial charge in [0.15, 0.2) is 0 Å². The van der Waals surface area contributed by atoms with Gasteiger partial charge in [-0.2, -0.15) is 0 Å². The number of carboxylic acids is 6. The second kappa shape index (κ2) is 68.9. The first kappa shape index (κ1) is 117. The van der Waals surface area contributed by atoms with Crippen molar-refractivity contribution in [1.29, 1.82) is 0 Å². The predicted molar refractivity (Wildman–Crippen MR) is 359 cm³/mol. The van der Waals surface area contributed by atoms with Crippen LogP contribution in [-0.2, 0) is 108 Å². The van der Waals surface area contributed by atoms with Gasteiger partial charge >= 0.3 is 177 Å². The molecular formula is C56H104Cl8N8O14Pt4. The zero-order valence-corrected chi connectivity index (χ0v) is 67.5. The Labute approximate surface area is 602 Å². The van der Waals surface area contributed by atoms with Gasteiger partial charge in [-0.05, 0) is 189 Å². The Morgan fingerprint density at radius 2 is 0.556 bits per heavy atom. The molecule has 0 atom stereocenters. The van der Waals surface area contributed by atoms with E-state index in [0.717, 1.165) is 59.5 Å². The molecule has 0 aromatic heterocycles. The van der Waals surface area contributed by atoms with E-state index in [1.807, 2.05) is 74.5 Å². The number of hydrogen-bond donors (Lipinski definition) is 8. The van der Waals surface area contributed by atoms with Crippen molar-refractivity contribution in [1.82, 2.24) is 0 Å². The van der Waals surface area contributed by atoms with E-state index >= 15 is 0 Å². The third-order valence-electron chi connectivity index (χ3n) is 13.6. The molecule has 8 bridgehead atoms. The van der Waals surface area contributed by atoms with Crippen LogP contribution in [0.25, 0.3) is 49.2 Å². The number of aliphatic hydroxyl groups is 2. The zero-order chi connectivity index (χ0) is 64.1. The summed E-state index contributed by atoms with van der Waals surface area (Å²) in [6.45, 7) is 13.9. The smallest absolute Gasteiger partial charge is 0.693 e. The summed E-state index contributed by atoms with van der Waals surface area (Å²) in [5.74, 6) is 1.16. The van der Waals surface area contributed by atoms with Crippen molar-refractivity contribution in [3.63, 3.8) is 0 Å². The number of benzene rings is 2. The van der Waals surface area contributed by atoms with Crippen LogP contribution < -0.4 is 0 Å². The van der Waals surface area contributed by atoms with Gasteiger partial charge in [0.05, 0.1) is 36.9 Å². The Morgan fingerprint density at radius 1 is 0.389 bits per heavy atom. The van der Waals surface area contributed by atoms with Crippen LogP contribution in [0.1, 0.15) is 182 Å². The molecule has 0 amide bonds. The van der Waals surface area contributed by atoms with Gasteiger partial charge in [0.1, 0.15) is 0 Å². The Kier molecular flexibility index (Phi) is 89.6. The summed E-state index contributed by atoms with van der Waals surface area (Å²) < 4.78 is 0. The number of nitrogens with two attached hydrogens (primary N) is 8. The molecule has 8 fully saturated rings. The first-order valence-electron chi connectivity index (χ1n) is 26.2. The monoisotopic (exact) mass is 2170 g/mol. The normalized spacial score (nSPS) is 20.9. The van der Waals surface area contributed by atoms with Crippen molar-refractivity contribution >= 4 is 111 Å². The molecule has 34 heteroatoms. The molecule has 2 aromatic rings. The van der Waals surface area contributed by atoms with E-state index in [2.05, 4.69) is 0 Å². The van der Waals surface area contributed by atoms with Crippen LogP contribution in [0.5, 0.6) is 0 Å². The number of carboxylic acid groups (broad SMARTS) is 6. The van der Waals surface area contributed by atoms with Gasteiger partial charge in [0.25, 0.3) is 0 Å². The summed E-state index contributed by atoms with van der Waals surface area (Å²) in [4.78, 5) is 61.0. The van der Waals surface area contributed by atoms with Gasteiger partial charge in [-0.25, -0.2) is 0 Å². The average Bonchev–Trinajstić information content (AvgIpc) is 3.35. The summed E-state index contributed by atoms with van der Waals surface area (Å²) in [6, 6.07) is 19.0. The van der Waals surface area contributed by atoms with E-state index in [1.165, 1.54) is 77.0 Å². The molecule has 548 valence electrons. The number of hydrogen-bond acceptors (Lipinski definition) is 8. The Balaban J connectivity index is -0.0000000758. The van der Waals surface area contributed by atoms with Gasteiger partial charge in [-0.3, -0.25) is 28.8 Å². The molecule has 0 unspecified atom stereocenters. The molecule has 24 N–H and O–H groups in total. The molecule has 2 aromatic carbocycles. The SMILES string of the molecule is CC(C)(C)C(=O)O.CC(C)(C)C(=O)O.CCCC(=O)O.CCCC(=O)O.O=C(O)CC12CC3CC(CC(C3)C1)C2.O=C(O)CC12CC3CC(CC(C3)C1)C2.OCc1ccccc1.OCc1ccccc1.[Cl][Pt+2][Cl].[Cl][Pt+2][Cl].[Cl][Pt+2][Cl].[Cl][Pt+2][Cl].[NH2-].[NH2-].[NH2-].[NH2-].[NH2-].[NH2-].[NH2-].[NH2-]. The van der Waals surface area contributed by atoms with Crippen LogP contribution in [0.15, 0.2) is 60.7 Å².